The van der Waals surface area contributed by atoms with Crippen LogP contribution in [0.15, 0.2) is 18.2 Å². The van der Waals surface area contributed by atoms with Gasteiger partial charge >= 0.3 is 0 Å². The molecule has 0 aliphatic rings. The van der Waals surface area contributed by atoms with Crippen LogP contribution in [0.2, 0.25) is 0 Å². The Morgan fingerprint density at radius 3 is 2.75 bits per heavy atom. The zero-order valence-corrected chi connectivity index (χ0v) is 9.73. The lowest BCUT2D eigenvalue weighted by Crippen LogP contribution is -2.35. The summed E-state index contributed by atoms with van der Waals surface area (Å²) >= 11 is 0. The molecule has 0 radical (unpaired) electrons. The molecular formula is C12H18N2O2. The molecule has 88 valence electrons. The van der Waals surface area contributed by atoms with Crippen LogP contribution in [0.5, 0.6) is 5.75 Å². The largest absolute Gasteiger partial charge is 0.508 e. The zero-order chi connectivity index (χ0) is 12.1. The van der Waals surface area contributed by atoms with Crippen LogP contribution in [-0.2, 0) is 0 Å². The predicted molar refractivity (Wildman–Crippen MR) is 63.5 cm³/mol. The van der Waals surface area contributed by atoms with Gasteiger partial charge < -0.3 is 15.7 Å². The van der Waals surface area contributed by atoms with Gasteiger partial charge in [-0.1, -0.05) is 6.07 Å². The van der Waals surface area contributed by atoms with Crippen molar-refractivity contribution in [1.82, 2.24) is 4.90 Å². The Kier molecular flexibility index (Phi) is 4.31. The second kappa shape index (κ2) is 5.51. The minimum Gasteiger partial charge on any atom is -0.508 e. The number of phenolic OH excluding ortho intramolecular Hbond substituents is 1. The Morgan fingerprint density at radius 1 is 1.50 bits per heavy atom. The predicted octanol–water partition coefficient (Wildman–Crippen LogP) is 1.12. The lowest BCUT2D eigenvalue weighted by molar-refractivity contribution is 0.0768. The summed E-state index contributed by atoms with van der Waals surface area (Å²) in [6.45, 7) is 5.23. The molecule has 0 aliphatic carbocycles. The second-order valence-electron chi connectivity index (χ2n) is 3.62. The van der Waals surface area contributed by atoms with Gasteiger partial charge in [-0.15, -0.1) is 0 Å². The molecule has 3 N–H and O–H groups in total. The van der Waals surface area contributed by atoms with E-state index in [-0.39, 0.29) is 11.7 Å². The summed E-state index contributed by atoms with van der Waals surface area (Å²) < 4.78 is 0. The van der Waals surface area contributed by atoms with Crippen LogP contribution < -0.4 is 5.73 Å². The van der Waals surface area contributed by atoms with E-state index in [1.54, 1.807) is 30.0 Å². The van der Waals surface area contributed by atoms with Crippen molar-refractivity contribution in [3.63, 3.8) is 0 Å². The number of carbonyl (C=O) groups excluding carboxylic acids is 1. The van der Waals surface area contributed by atoms with E-state index in [0.29, 0.717) is 30.8 Å². The summed E-state index contributed by atoms with van der Waals surface area (Å²) in [5.41, 5.74) is 6.60. The number of nitrogens with zero attached hydrogens (tertiary/aromatic N) is 1. The Balaban J connectivity index is 2.99. The van der Waals surface area contributed by atoms with Crippen molar-refractivity contribution in [2.45, 2.75) is 13.8 Å². The molecule has 0 heterocycles. The molecule has 16 heavy (non-hydrogen) atoms. The highest BCUT2D eigenvalue weighted by Gasteiger charge is 2.16. The maximum Gasteiger partial charge on any atom is 0.254 e. The van der Waals surface area contributed by atoms with Crippen molar-refractivity contribution in [1.29, 1.82) is 0 Å². The van der Waals surface area contributed by atoms with Crippen molar-refractivity contribution >= 4 is 5.91 Å². The fraction of sp³-hybridized carbons (Fsp3) is 0.417. The summed E-state index contributed by atoms with van der Waals surface area (Å²) in [6, 6.07) is 4.97. The Hall–Kier alpha value is -1.55. The first-order chi connectivity index (χ1) is 7.61. The summed E-state index contributed by atoms with van der Waals surface area (Å²) in [4.78, 5) is 13.8. The van der Waals surface area contributed by atoms with Crippen LogP contribution in [0.3, 0.4) is 0 Å². The maximum absolute atomic E-state index is 12.1. The van der Waals surface area contributed by atoms with Gasteiger partial charge in [-0.05, 0) is 26.0 Å². The molecule has 1 aromatic carbocycles. The molecular weight excluding hydrogens is 204 g/mol. The van der Waals surface area contributed by atoms with E-state index in [2.05, 4.69) is 0 Å². The third kappa shape index (κ3) is 2.52. The van der Waals surface area contributed by atoms with E-state index >= 15 is 0 Å². The van der Waals surface area contributed by atoms with Gasteiger partial charge in [0.2, 0.25) is 0 Å². The van der Waals surface area contributed by atoms with E-state index in [1.807, 2.05) is 6.92 Å². The summed E-state index contributed by atoms with van der Waals surface area (Å²) in [5, 5.41) is 9.54. The number of phenols is 1. The quantitative estimate of drug-likeness (QED) is 0.802. The highest BCUT2D eigenvalue weighted by Crippen LogP contribution is 2.20. The Labute approximate surface area is 95.7 Å². The Morgan fingerprint density at radius 2 is 2.19 bits per heavy atom. The van der Waals surface area contributed by atoms with Gasteiger partial charge in [-0.25, -0.2) is 0 Å². The number of benzene rings is 1. The van der Waals surface area contributed by atoms with Gasteiger partial charge in [0.15, 0.2) is 0 Å². The lowest BCUT2D eigenvalue weighted by atomic mass is 10.1. The Bertz CT molecular complexity index is 377. The van der Waals surface area contributed by atoms with E-state index < -0.39 is 0 Å². The van der Waals surface area contributed by atoms with Crippen LogP contribution >= 0.6 is 0 Å². The molecule has 0 atom stereocenters. The minimum absolute atomic E-state index is 0.0821. The molecule has 0 bridgehead atoms. The molecule has 0 fully saturated rings. The third-order valence-electron chi connectivity index (χ3n) is 2.60. The van der Waals surface area contributed by atoms with E-state index in [1.165, 1.54) is 0 Å². The van der Waals surface area contributed by atoms with E-state index in [4.69, 9.17) is 5.73 Å². The molecule has 4 nitrogen and oxygen atoms in total. The van der Waals surface area contributed by atoms with Gasteiger partial charge in [-0.3, -0.25) is 4.79 Å². The molecule has 0 unspecified atom stereocenters. The van der Waals surface area contributed by atoms with Crippen molar-refractivity contribution in [3.8, 4) is 5.75 Å². The van der Waals surface area contributed by atoms with Gasteiger partial charge in [0.25, 0.3) is 5.91 Å². The van der Waals surface area contributed by atoms with Crippen LogP contribution in [0.4, 0.5) is 0 Å². The van der Waals surface area contributed by atoms with Gasteiger partial charge in [0, 0.05) is 30.8 Å². The molecule has 1 rings (SSSR count). The first kappa shape index (κ1) is 12.5. The van der Waals surface area contributed by atoms with E-state index in [0.717, 1.165) is 0 Å². The molecule has 0 saturated carbocycles. The van der Waals surface area contributed by atoms with E-state index in [9.17, 15) is 9.90 Å². The molecule has 0 aromatic heterocycles. The number of nitrogens with two attached hydrogens (primary N) is 1. The van der Waals surface area contributed by atoms with Gasteiger partial charge in [0.05, 0.1) is 0 Å². The van der Waals surface area contributed by atoms with Gasteiger partial charge in [-0.2, -0.15) is 0 Å². The highest BCUT2D eigenvalue weighted by atomic mass is 16.3. The fourth-order valence-corrected chi connectivity index (χ4v) is 1.58. The molecule has 1 amide bonds. The fourth-order valence-electron chi connectivity index (χ4n) is 1.58. The van der Waals surface area contributed by atoms with Crippen molar-refractivity contribution in [3.05, 3.63) is 29.3 Å². The first-order valence-corrected chi connectivity index (χ1v) is 5.39. The number of likely N-dealkylation sites (N-methyl/N-ethyl adjacent to an activating group) is 1. The highest BCUT2D eigenvalue weighted by molar-refractivity contribution is 5.96. The van der Waals surface area contributed by atoms with Crippen LogP contribution in [0.1, 0.15) is 22.8 Å². The van der Waals surface area contributed by atoms with Crippen LogP contribution in [0, 0.1) is 6.92 Å². The zero-order valence-electron chi connectivity index (χ0n) is 9.73. The molecule has 1 aromatic rings. The number of hydrogen-bond acceptors (Lipinski definition) is 3. The van der Waals surface area contributed by atoms with Gasteiger partial charge in [0.1, 0.15) is 5.75 Å². The number of amides is 1. The summed E-state index contributed by atoms with van der Waals surface area (Å²) in [5.74, 6) is 0.0657. The average molecular weight is 222 g/mol. The standard InChI is InChI=1S/C12H18N2O2/c1-3-14(8-7-13)12(16)10-5-4-6-11(15)9(10)2/h4-6,15H,3,7-8,13H2,1-2H3. The first-order valence-electron chi connectivity index (χ1n) is 5.39. The third-order valence-corrected chi connectivity index (χ3v) is 2.60. The van der Waals surface area contributed by atoms with Crippen molar-refractivity contribution in [2.75, 3.05) is 19.6 Å². The van der Waals surface area contributed by atoms with Crippen molar-refractivity contribution in [2.24, 2.45) is 5.73 Å². The number of carbonyl (C=O) groups is 1. The SMILES string of the molecule is CCN(CCN)C(=O)c1cccc(O)c1C. The number of hydrogen-bond donors (Lipinski definition) is 2. The lowest BCUT2D eigenvalue weighted by Gasteiger charge is -2.21. The topological polar surface area (TPSA) is 66.6 Å². The number of aromatic hydroxyl groups is 1. The molecule has 4 heteroatoms. The molecule has 0 saturated heterocycles. The summed E-state index contributed by atoms with van der Waals surface area (Å²) in [6.07, 6.45) is 0. The normalized spacial score (nSPS) is 10.2. The minimum atomic E-state index is -0.0821. The summed E-state index contributed by atoms with van der Waals surface area (Å²) in [7, 11) is 0. The molecule has 0 aliphatic heterocycles. The average Bonchev–Trinajstić information content (AvgIpc) is 2.29. The second-order valence-corrected chi connectivity index (χ2v) is 3.62. The van der Waals surface area contributed by atoms with Crippen molar-refractivity contribution < 1.29 is 9.90 Å². The molecule has 0 spiro atoms. The number of rotatable bonds is 4. The van der Waals surface area contributed by atoms with Crippen LogP contribution in [-0.4, -0.2) is 35.5 Å². The monoisotopic (exact) mass is 222 g/mol. The maximum atomic E-state index is 12.1. The van der Waals surface area contributed by atoms with Crippen LogP contribution in [0.25, 0.3) is 0 Å². The smallest absolute Gasteiger partial charge is 0.254 e.